The van der Waals surface area contributed by atoms with Crippen LogP contribution in [-0.2, 0) is 14.3 Å². The summed E-state index contributed by atoms with van der Waals surface area (Å²) >= 11 is 0. The van der Waals surface area contributed by atoms with Crippen LogP contribution in [0.2, 0.25) is 0 Å². The molecule has 16 heavy (non-hydrogen) atoms. The minimum atomic E-state index is -3.52. The highest BCUT2D eigenvalue weighted by Crippen LogP contribution is 2.20. The van der Waals surface area contributed by atoms with Gasteiger partial charge in [0.2, 0.25) is 0 Å². The Balaban J connectivity index is 4.14. The van der Waals surface area contributed by atoms with Gasteiger partial charge in [-0.1, -0.05) is 6.92 Å². The van der Waals surface area contributed by atoms with Crippen LogP contribution in [0.3, 0.4) is 0 Å². The monoisotopic (exact) mass is 256 g/mol. The van der Waals surface area contributed by atoms with Gasteiger partial charge in [-0.15, -0.1) is 0 Å². The summed E-state index contributed by atoms with van der Waals surface area (Å²) in [5.41, 5.74) is -1.08. The van der Waals surface area contributed by atoms with E-state index >= 15 is 0 Å². The summed E-state index contributed by atoms with van der Waals surface area (Å²) in [6.45, 7) is 0.315. The Bertz CT molecular complexity index is 261. The standard InChI is InChI=1S/C9H20O6S/c1-2-5-16(13,14)15-4-3-9(6-10,7-11)8-12/h10-12H,2-8H2,1H3. The second-order valence-corrected chi connectivity index (χ2v) is 5.57. The van der Waals surface area contributed by atoms with Crippen molar-refractivity contribution in [1.82, 2.24) is 0 Å². The van der Waals surface area contributed by atoms with Gasteiger partial charge in [0, 0.05) is 5.41 Å². The average molecular weight is 256 g/mol. The third-order valence-corrected chi connectivity index (χ3v) is 3.79. The van der Waals surface area contributed by atoms with E-state index in [4.69, 9.17) is 15.3 Å². The molecule has 0 fully saturated rings. The smallest absolute Gasteiger partial charge is 0.267 e. The van der Waals surface area contributed by atoms with Crippen LogP contribution in [0, 0.1) is 5.41 Å². The van der Waals surface area contributed by atoms with E-state index in [0.29, 0.717) is 6.42 Å². The van der Waals surface area contributed by atoms with Crippen molar-refractivity contribution in [3.63, 3.8) is 0 Å². The predicted octanol–water partition coefficient (Wildman–Crippen LogP) is -0.904. The highest BCUT2D eigenvalue weighted by atomic mass is 32.2. The van der Waals surface area contributed by atoms with Crippen LogP contribution in [-0.4, -0.2) is 55.9 Å². The van der Waals surface area contributed by atoms with E-state index in [9.17, 15) is 8.42 Å². The summed E-state index contributed by atoms with van der Waals surface area (Å²) in [6, 6.07) is 0. The number of rotatable bonds is 9. The molecule has 0 amide bonds. The summed E-state index contributed by atoms with van der Waals surface area (Å²) in [7, 11) is -3.52. The molecule has 6 nitrogen and oxygen atoms in total. The molecule has 7 heteroatoms. The van der Waals surface area contributed by atoms with Gasteiger partial charge in [0.15, 0.2) is 0 Å². The molecule has 0 radical (unpaired) electrons. The van der Waals surface area contributed by atoms with Gasteiger partial charge in [0.25, 0.3) is 10.1 Å². The molecule has 0 saturated carbocycles. The summed E-state index contributed by atoms with van der Waals surface area (Å²) in [4.78, 5) is 0. The lowest BCUT2D eigenvalue weighted by atomic mass is 9.88. The van der Waals surface area contributed by atoms with Gasteiger partial charge in [-0.05, 0) is 12.8 Å². The first-order chi connectivity index (χ1) is 7.45. The lowest BCUT2D eigenvalue weighted by Gasteiger charge is -2.26. The van der Waals surface area contributed by atoms with Crippen molar-refractivity contribution in [1.29, 1.82) is 0 Å². The average Bonchev–Trinajstić information content (AvgIpc) is 2.25. The minimum absolute atomic E-state index is 0.0582. The van der Waals surface area contributed by atoms with Crippen molar-refractivity contribution in [2.24, 2.45) is 5.41 Å². The lowest BCUT2D eigenvalue weighted by Crippen LogP contribution is -2.35. The molecule has 0 aliphatic rings. The molecule has 0 spiro atoms. The Labute approximate surface area is 96.0 Å². The first-order valence-corrected chi connectivity index (χ1v) is 6.72. The van der Waals surface area contributed by atoms with Gasteiger partial charge >= 0.3 is 0 Å². The van der Waals surface area contributed by atoms with E-state index in [1.54, 1.807) is 6.92 Å². The van der Waals surface area contributed by atoms with Gasteiger partial charge in [-0.25, -0.2) is 0 Å². The Morgan fingerprint density at radius 2 is 1.62 bits per heavy atom. The molecule has 0 heterocycles. The normalized spacial score (nSPS) is 13.0. The van der Waals surface area contributed by atoms with E-state index in [1.165, 1.54) is 0 Å². The third kappa shape index (κ3) is 5.22. The van der Waals surface area contributed by atoms with Gasteiger partial charge in [-0.2, -0.15) is 8.42 Å². The Morgan fingerprint density at radius 1 is 1.12 bits per heavy atom. The minimum Gasteiger partial charge on any atom is -0.396 e. The molecular weight excluding hydrogens is 236 g/mol. The SMILES string of the molecule is CCCS(=O)(=O)OCCC(CO)(CO)CO. The van der Waals surface area contributed by atoms with Crippen LogP contribution in [0.15, 0.2) is 0 Å². The Hall–Kier alpha value is -0.210. The second-order valence-electron chi connectivity index (χ2n) is 3.81. The quantitative estimate of drug-likeness (QED) is 0.462. The van der Waals surface area contributed by atoms with E-state index in [2.05, 4.69) is 4.18 Å². The molecule has 0 rings (SSSR count). The van der Waals surface area contributed by atoms with Crippen molar-refractivity contribution in [3.05, 3.63) is 0 Å². The second kappa shape index (κ2) is 7.18. The van der Waals surface area contributed by atoms with Crippen molar-refractivity contribution in [2.45, 2.75) is 19.8 Å². The number of hydrogen-bond donors (Lipinski definition) is 3. The molecule has 98 valence electrons. The molecule has 0 aromatic rings. The maximum Gasteiger partial charge on any atom is 0.267 e. The summed E-state index contributed by atoms with van der Waals surface area (Å²) < 4.78 is 27.0. The predicted molar refractivity (Wildman–Crippen MR) is 58.3 cm³/mol. The van der Waals surface area contributed by atoms with Gasteiger partial charge < -0.3 is 15.3 Å². The van der Waals surface area contributed by atoms with Crippen molar-refractivity contribution in [2.75, 3.05) is 32.2 Å². The van der Waals surface area contributed by atoms with Crippen LogP contribution in [0.5, 0.6) is 0 Å². The van der Waals surface area contributed by atoms with Crippen LogP contribution in [0.1, 0.15) is 19.8 Å². The molecule has 3 N–H and O–H groups in total. The van der Waals surface area contributed by atoms with Crippen molar-refractivity contribution < 1.29 is 27.9 Å². The molecule has 0 aromatic heterocycles. The Morgan fingerprint density at radius 3 is 2.00 bits per heavy atom. The lowest BCUT2D eigenvalue weighted by molar-refractivity contribution is -0.00845. The highest BCUT2D eigenvalue weighted by Gasteiger charge is 2.28. The van der Waals surface area contributed by atoms with Gasteiger partial charge in [0.05, 0.1) is 32.2 Å². The van der Waals surface area contributed by atoms with Crippen molar-refractivity contribution >= 4 is 10.1 Å². The summed E-state index contributed by atoms with van der Waals surface area (Å²) in [5, 5.41) is 27.0. The summed E-state index contributed by atoms with van der Waals surface area (Å²) in [6.07, 6.45) is 0.549. The van der Waals surface area contributed by atoms with Gasteiger partial charge in [0.1, 0.15) is 0 Å². The van der Waals surface area contributed by atoms with E-state index in [-0.39, 0.29) is 18.8 Å². The zero-order valence-corrected chi connectivity index (χ0v) is 10.2. The maximum absolute atomic E-state index is 11.2. The molecule has 0 aliphatic carbocycles. The number of aliphatic hydroxyl groups excluding tert-OH is 3. The largest absolute Gasteiger partial charge is 0.396 e. The van der Waals surface area contributed by atoms with Crippen molar-refractivity contribution in [3.8, 4) is 0 Å². The molecule has 0 aliphatic heterocycles. The molecular formula is C9H20O6S. The van der Waals surface area contributed by atoms with Crippen LogP contribution in [0.25, 0.3) is 0 Å². The zero-order valence-electron chi connectivity index (χ0n) is 9.42. The topological polar surface area (TPSA) is 104 Å². The third-order valence-electron chi connectivity index (χ3n) is 2.36. The van der Waals surface area contributed by atoms with E-state index in [0.717, 1.165) is 0 Å². The number of hydrogen-bond acceptors (Lipinski definition) is 6. The summed E-state index contributed by atoms with van der Waals surface area (Å²) in [5.74, 6) is -0.0582. The van der Waals surface area contributed by atoms with Gasteiger partial charge in [-0.3, -0.25) is 4.18 Å². The fourth-order valence-corrected chi connectivity index (χ4v) is 2.04. The first kappa shape index (κ1) is 15.8. The number of aliphatic hydroxyl groups is 3. The van der Waals surface area contributed by atoms with E-state index < -0.39 is 35.4 Å². The molecule has 0 aromatic carbocycles. The van der Waals surface area contributed by atoms with Crippen LogP contribution in [0.4, 0.5) is 0 Å². The Kier molecular flexibility index (Phi) is 7.09. The zero-order chi connectivity index (χ0) is 12.7. The maximum atomic E-state index is 11.2. The fourth-order valence-electron chi connectivity index (χ4n) is 1.08. The molecule has 0 unspecified atom stereocenters. The molecule has 0 bridgehead atoms. The molecule has 0 atom stereocenters. The van der Waals surface area contributed by atoms with Crippen LogP contribution < -0.4 is 0 Å². The van der Waals surface area contributed by atoms with Crippen LogP contribution >= 0.6 is 0 Å². The molecule has 0 saturated heterocycles. The fraction of sp³-hybridized carbons (Fsp3) is 1.00. The highest BCUT2D eigenvalue weighted by molar-refractivity contribution is 7.86. The van der Waals surface area contributed by atoms with E-state index in [1.807, 2.05) is 0 Å². The first-order valence-electron chi connectivity index (χ1n) is 5.15.